The number of rotatable bonds is 6. The highest BCUT2D eigenvalue weighted by Crippen LogP contribution is 2.29. The summed E-state index contributed by atoms with van der Waals surface area (Å²) in [4.78, 5) is 18.4. The number of nitrogens with one attached hydrogen (secondary N) is 1. The number of amides is 1. The number of pyridine rings is 1. The Morgan fingerprint density at radius 3 is 2.44 bits per heavy atom. The molecule has 1 atom stereocenters. The Morgan fingerprint density at radius 2 is 1.72 bits per heavy atom. The van der Waals surface area contributed by atoms with Gasteiger partial charge in [-0.15, -0.1) is 0 Å². The Bertz CT molecular complexity index is 1540. The van der Waals surface area contributed by atoms with Crippen molar-refractivity contribution < 1.29 is 9.53 Å². The van der Waals surface area contributed by atoms with E-state index in [1.807, 2.05) is 104 Å². The summed E-state index contributed by atoms with van der Waals surface area (Å²) >= 11 is 0. The quantitative estimate of drug-likeness (QED) is 0.317. The largest absolute Gasteiger partial charge is 0.497 e. The Kier molecular flexibility index (Phi) is 6.25. The van der Waals surface area contributed by atoms with Crippen molar-refractivity contribution in [3.8, 4) is 22.7 Å². The van der Waals surface area contributed by atoms with Crippen molar-refractivity contribution in [2.24, 2.45) is 0 Å². The minimum absolute atomic E-state index is 0.130. The van der Waals surface area contributed by atoms with E-state index in [1.165, 1.54) is 0 Å². The molecular weight excluding hydrogens is 448 g/mol. The molecule has 0 aliphatic carbocycles. The van der Waals surface area contributed by atoms with E-state index < -0.39 is 0 Å². The first kappa shape index (κ1) is 23.3. The molecule has 6 nitrogen and oxygen atoms in total. The molecule has 5 rings (SSSR count). The topological polar surface area (TPSA) is 69.0 Å². The number of hydrogen-bond donors (Lipinski definition) is 1. The second-order valence-electron chi connectivity index (χ2n) is 8.93. The van der Waals surface area contributed by atoms with Gasteiger partial charge in [-0.25, -0.2) is 9.67 Å². The number of carbonyl (C=O) groups excluding carboxylic acids is 1. The number of aryl methyl sites for hydroxylation is 1. The van der Waals surface area contributed by atoms with Gasteiger partial charge in [0.2, 0.25) is 0 Å². The van der Waals surface area contributed by atoms with E-state index in [1.54, 1.807) is 13.3 Å². The SMILES string of the molecule is COc1ccc(-n2ncc(-c3cc(C(=O)N[C@H](C)c4ccccc4)c4cc(C)ccc4n3)c2C)cc1. The molecule has 2 heterocycles. The highest BCUT2D eigenvalue weighted by molar-refractivity contribution is 6.07. The van der Waals surface area contributed by atoms with Crippen molar-refractivity contribution in [3.63, 3.8) is 0 Å². The standard InChI is InChI=1S/C30H28N4O2/c1-19-10-15-28-25(16-19)26(30(35)32-20(2)22-8-6-5-7-9-22)17-29(33-28)27-18-31-34(21(27)3)23-11-13-24(36-4)14-12-23/h5-18,20H,1-4H3,(H,32,35)/t20-/m1/s1. The molecule has 36 heavy (non-hydrogen) atoms. The summed E-state index contributed by atoms with van der Waals surface area (Å²) < 4.78 is 7.14. The van der Waals surface area contributed by atoms with Crippen molar-refractivity contribution in [2.45, 2.75) is 26.8 Å². The lowest BCUT2D eigenvalue weighted by Crippen LogP contribution is -2.27. The number of benzene rings is 3. The molecule has 0 saturated carbocycles. The lowest BCUT2D eigenvalue weighted by molar-refractivity contribution is 0.0941. The molecule has 0 spiro atoms. The smallest absolute Gasteiger partial charge is 0.252 e. The van der Waals surface area contributed by atoms with Crippen LogP contribution in [0.2, 0.25) is 0 Å². The van der Waals surface area contributed by atoms with Crippen LogP contribution in [0.25, 0.3) is 27.8 Å². The van der Waals surface area contributed by atoms with Gasteiger partial charge in [0.15, 0.2) is 0 Å². The van der Waals surface area contributed by atoms with E-state index in [9.17, 15) is 4.79 Å². The van der Waals surface area contributed by atoms with E-state index in [-0.39, 0.29) is 11.9 Å². The van der Waals surface area contributed by atoms with Crippen molar-refractivity contribution in [1.82, 2.24) is 20.1 Å². The first-order valence-corrected chi connectivity index (χ1v) is 11.9. The Labute approximate surface area is 210 Å². The Hall–Kier alpha value is -4.45. The van der Waals surface area contributed by atoms with Gasteiger partial charge in [-0.1, -0.05) is 42.0 Å². The Balaban J connectivity index is 1.56. The van der Waals surface area contributed by atoms with Crippen LogP contribution >= 0.6 is 0 Å². The number of nitrogens with zero attached hydrogens (tertiary/aromatic N) is 3. The third-order valence-electron chi connectivity index (χ3n) is 6.46. The highest BCUT2D eigenvalue weighted by Gasteiger charge is 2.19. The first-order valence-electron chi connectivity index (χ1n) is 11.9. The molecule has 0 fully saturated rings. The average Bonchev–Trinajstić information content (AvgIpc) is 3.29. The summed E-state index contributed by atoms with van der Waals surface area (Å²) in [5.41, 5.74) is 6.93. The van der Waals surface area contributed by atoms with Crippen LogP contribution in [0, 0.1) is 13.8 Å². The van der Waals surface area contributed by atoms with Gasteiger partial charge in [-0.2, -0.15) is 5.10 Å². The number of hydrogen-bond acceptors (Lipinski definition) is 4. The monoisotopic (exact) mass is 476 g/mol. The summed E-state index contributed by atoms with van der Waals surface area (Å²) in [6.45, 7) is 6.02. The van der Waals surface area contributed by atoms with Gasteiger partial charge in [0, 0.05) is 10.9 Å². The van der Waals surface area contributed by atoms with Crippen LogP contribution in [0.5, 0.6) is 5.75 Å². The molecule has 0 saturated heterocycles. The van der Waals surface area contributed by atoms with Crippen LogP contribution in [0.3, 0.4) is 0 Å². The van der Waals surface area contributed by atoms with E-state index in [4.69, 9.17) is 9.72 Å². The molecule has 6 heteroatoms. The second-order valence-corrected chi connectivity index (χ2v) is 8.93. The van der Waals surface area contributed by atoms with E-state index in [2.05, 4.69) is 10.4 Å². The number of carbonyl (C=O) groups is 1. The van der Waals surface area contributed by atoms with Gasteiger partial charge in [0.25, 0.3) is 5.91 Å². The fraction of sp³-hybridized carbons (Fsp3) is 0.167. The normalized spacial score (nSPS) is 11.9. The highest BCUT2D eigenvalue weighted by atomic mass is 16.5. The molecule has 0 radical (unpaired) electrons. The summed E-state index contributed by atoms with van der Waals surface area (Å²) in [5, 5.41) is 8.60. The molecule has 1 amide bonds. The van der Waals surface area contributed by atoms with Gasteiger partial charge in [-0.05, 0) is 68.8 Å². The molecule has 0 bridgehead atoms. The maximum atomic E-state index is 13.5. The fourth-order valence-corrected chi connectivity index (χ4v) is 4.41. The zero-order valence-corrected chi connectivity index (χ0v) is 20.8. The number of aromatic nitrogens is 3. The molecule has 5 aromatic rings. The van der Waals surface area contributed by atoms with Crippen LogP contribution in [0.15, 0.2) is 85.1 Å². The average molecular weight is 477 g/mol. The van der Waals surface area contributed by atoms with Crippen LogP contribution in [0.1, 0.15) is 40.1 Å². The van der Waals surface area contributed by atoms with Gasteiger partial charge >= 0.3 is 0 Å². The van der Waals surface area contributed by atoms with Crippen molar-refractivity contribution >= 4 is 16.8 Å². The number of ether oxygens (including phenoxy) is 1. The third-order valence-corrected chi connectivity index (χ3v) is 6.46. The van der Waals surface area contributed by atoms with Crippen molar-refractivity contribution in [1.29, 1.82) is 0 Å². The summed E-state index contributed by atoms with van der Waals surface area (Å²) in [6, 6.07) is 25.4. The number of fused-ring (bicyclic) bond motifs is 1. The van der Waals surface area contributed by atoms with Gasteiger partial charge < -0.3 is 10.1 Å². The predicted octanol–water partition coefficient (Wildman–Crippen LogP) is 6.20. The summed E-state index contributed by atoms with van der Waals surface area (Å²) in [7, 11) is 1.65. The van der Waals surface area contributed by atoms with Crippen LogP contribution in [-0.2, 0) is 0 Å². The zero-order valence-electron chi connectivity index (χ0n) is 20.8. The first-order chi connectivity index (χ1) is 17.4. The van der Waals surface area contributed by atoms with Gasteiger partial charge in [0.05, 0.1) is 47.5 Å². The lowest BCUT2D eigenvalue weighted by atomic mass is 10.0. The molecule has 2 aromatic heterocycles. The molecule has 3 aromatic carbocycles. The minimum atomic E-state index is -0.134. The minimum Gasteiger partial charge on any atom is -0.497 e. The molecule has 0 aliphatic heterocycles. The van der Waals surface area contributed by atoms with Crippen LogP contribution in [0.4, 0.5) is 0 Å². The second kappa shape index (κ2) is 9.66. The molecular formula is C30H28N4O2. The molecule has 180 valence electrons. The summed E-state index contributed by atoms with van der Waals surface area (Å²) in [5.74, 6) is 0.654. The molecule has 0 unspecified atom stereocenters. The Morgan fingerprint density at radius 1 is 0.972 bits per heavy atom. The third kappa shape index (κ3) is 4.45. The van der Waals surface area contributed by atoms with Gasteiger partial charge in [-0.3, -0.25) is 4.79 Å². The molecule has 1 N–H and O–H groups in total. The fourth-order valence-electron chi connectivity index (χ4n) is 4.41. The summed E-state index contributed by atoms with van der Waals surface area (Å²) in [6.07, 6.45) is 1.80. The van der Waals surface area contributed by atoms with Crippen LogP contribution < -0.4 is 10.1 Å². The van der Waals surface area contributed by atoms with Crippen molar-refractivity contribution in [3.05, 3.63) is 107 Å². The van der Waals surface area contributed by atoms with Crippen LogP contribution in [-0.4, -0.2) is 27.8 Å². The lowest BCUT2D eigenvalue weighted by Gasteiger charge is -2.16. The van der Waals surface area contributed by atoms with Crippen molar-refractivity contribution in [2.75, 3.05) is 7.11 Å². The maximum Gasteiger partial charge on any atom is 0.252 e. The van der Waals surface area contributed by atoms with E-state index in [0.29, 0.717) is 11.3 Å². The van der Waals surface area contributed by atoms with E-state index >= 15 is 0 Å². The number of methoxy groups -OCH3 is 1. The molecule has 0 aliphatic rings. The maximum absolute atomic E-state index is 13.5. The predicted molar refractivity (Wildman–Crippen MR) is 143 cm³/mol. The zero-order chi connectivity index (χ0) is 25.2. The van der Waals surface area contributed by atoms with E-state index in [0.717, 1.165) is 44.7 Å². The van der Waals surface area contributed by atoms with Gasteiger partial charge in [0.1, 0.15) is 5.75 Å².